The van der Waals surface area contributed by atoms with E-state index in [1.54, 1.807) is 17.0 Å². The lowest BCUT2D eigenvalue weighted by atomic mass is 10.0. The summed E-state index contributed by atoms with van der Waals surface area (Å²) in [5.41, 5.74) is 0.322. The molecule has 17 heteroatoms. The van der Waals surface area contributed by atoms with Crippen LogP contribution in [0.4, 0.5) is 37.7 Å². The molecule has 0 bridgehead atoms. The summed E-state index contributed by atoms with van der Waals surface area (Å²) in [6, 6.07) is 7.09. The number of primary sulfonamides is 1. The number of sulfonamides is 1. The number of aliphatic hydroxyl groups excluding tert-OH is 2. The van der Waals surface area contributed by atoms with Crippen LogP contribution in [0.1, 0.15) is 16.9 Å². The fourth-order valence-corrected chi connectivity index (χ4v) is 6.60. The maximum atomic E-state index is 15.1. The molecule has 45 heavy (non-hydrogen) atoms. The zero-order valence-electron chi connectivity index (χ0n) is 23.5. The topological polar surface area (TPSA) is 137 Å². The first-order chi connectivity index (χ1) is 21.1. The summed E-state index contributed by atoms with van der Waals surface area (Å²) in [5, 5.41) is 29.9. The lowest BCUT2D eigenvalue weighted by Crippen LogP contribution is -2.50. The highest BCUT2D eigenvalue weighted by Crippen LogP contribution is 2.39. The van der Waals surface area contributed by atoms with Crippen LogP contribution in [0.15, 0.2) is 41.3 Å². The van der Waals surface area contributed by atoms with Crippen molar-refractivity contribution in [2.75, 3.05) is 43.4 Å². The number of benzene rings is 2. The van der Waals surface area contributed by atoms with Crippen molar-refractivity contribution in [1.29, 1.82) is 0 Å². The van der Waals surface area contributed by atoms with E-state index in [9.17, 15) is 35.5 Å². The number of nitrogens with zero attached hydrogens (tertiary/aromatic N) is 1. The molecule has 3 aromatic rings. The summed E-state index contributed by atoms with van der Waals surface area (Å²) in [4.78, 5) is 1.33. The number of alkyl halides is 6. The molecule has 1 aromatic heterocycles. The lowest BCUT2D eigenvalue weighted by molar-refractivity contribution is -0.127. The molecule has 246 valence electrons. The van der Waals surface area contributed by atoms with Gasteiger partial charge in [-0.05, 0) is 35.6 Å². The monoisotopic (exact) mass is 680 g/mol. The first kappa shape index (κ1) is 34.6. The average Bonchev–Trinajstić information content (AvgIpc) is 3.28. The number of nitrogens with one attached hydrogen (secondary N) is 2. The van der Waals surface area contributed by atoms with Gasteiger partial charge in [-0.3, -0.25) is 4.90 Å². The number of nitrogens with two attached hydrogens (primary N) is 1. The van der Waals surface area contributed by atoms with Crippen molar-refractivity contribution < 1.29 is 49.7 Å². The van der Waals surface area contributed by atoms with E-state index in [2.05, 4.69) is 27.2 Å². The van der Waals surface area contributed by atoms with Crippen LogP contribution in [0, 0.1) is 11.8 Å². The van der Waals surface area contributed by atoms with Gasteiger partial charge in [-0.2, -0.15) is 22.0 Å². The molecule has 1 aliphatic rings. The number of aliphatic hydroxyl groups is 2. The number of hydrogen-bond acceptors (Lipinski definition) is 9. The zero-order chi connectivity index (χ0) is 32.9. The Bertz CT molecular complexity index is 1660. The molecule has 1 saturated heterocycles. The highest BCUT2D eigenvalue weighted by Gasteiger charge is 2.33. The van der Waals surface area contributed by atoms with Gasteiger partial charge in [0, 0.05) is 25.7 Å². The standard InChI is InChI=1S/C28H30F6N4O5S2/c29-20-14-38(13-16(40)15-39)10-8-21(20)37-23-4-1-3-18-19(12-28(32,33)34)25(44-26(18)23)5-2-9-36-22-7-6-17(45(35,41)42)11-24(22)43-27(30)31/h1,3-4,6-7,11,16,20-21,27,36-37,39-40H,8-10,12-15H2,(H2,35,41,42). The molecule has 0 saturated carbocycles. The number of rotatable bonds is 11. The van der Waals surface area contributed by atoms with Gasteiger partial charge < -0.3 is 25.6 Å². The highest BCUT2D eigenvalue weighted by atomic mass is 32.2. The largest absolute Gasteiger partial charge is 0.433 e. The maximum Gasteiger partial charge on any atom is 0.393 e. The summed E-state index contributed by atoms with van der Waals surface area (Å²) in [7, 11) is -4.21. The van der Waals surface area contributed by atoms with Gasteiger partial charge in [0.05, 0.1) is 57.6 Å². The Morgan fingerprint density at radius 1 is 1.20 bits per heavy atom. The molecule has 1 aliphatic heterocycles. The average molecular weight is 681 g/mol. The Hall–Kier alpha value is -3.27. The molecule has 0 aliphatic carbocycles. The molecule has 2 aromatic carbocycles. The predicted molar refractivity (Wildman–Crippen MR) is 158 cm³/mol. The molecule has 1 fully saturated rings. The number of hydrogen-bond donors (Lipinski definition) is 5. The van der Waals surface area contributed by atoms with Gasteiger partial charge in [-0.25, -0.2) is 17.9 Å². The molecule has 9 nitrogen and oxygen atoms in total. The third kappa shape index (κ3) is 9.37. The number of anilines is 2. The number of likely N-dealkylation sites (tertiary alicyclic amines) is 1. The summed E-state index contributed by atoms with van der Waals surface area (Å²) >= 11 is 0.993. The zero-order valence-corrected chi connectivity index (χ0v) is 25.1. The van der Waals surface area contributed by atoms with E-state index in [4.69, 9.17) is 10.2 Å². The highest BCUT2D eigenvalue weighted by molar-refractivity contribution is 7.89. The molecule has 0 amide bonds. The number of halogens is 6. The van der Waals surface area contributed by atoms with E-state index in [-0.39, 0.29) is 35.8 Å². The van der Waals surface area contributed by atoms with Crippen LogP contribution in [0.5, 0.6) is 5.75 Å². The SMILES string of the molecule is NS(=O)(=O)c1ccc(NCC#Cc2sc3c(NC4CCN(CC(O)CO)CC4F)cccc3c2CC(F)(F)F)c(OC(F)F)c1. The molecule has 0 spiro atoms. The summed E-state index contributed by atoms with van der Waals surface area (Å²) in [6.07, 6.45) is -7.82. The second-order valence-corrected chi connectivity index (χ2v) is 12.9. The van der Waals surface area contributed by atoms with E-state index >= 15 is 4.39 Å². The van der Waals surface area contributed by atoms with E-state index in [1.807, 2.05) is 0 Å². The number of fused-ring (bicyclic) bond motifs is 1. The third-order valence-electron chi connectivity index (χ3n) is 6.91. The fraction of sp³-hybridized carbons (Fsp3) is 0.429. The minimum absolute atomic E-state index is 0.00697. The summed E-state index contributed by atoms with van der Waals surface area (Å²) < 4.78 is 110. The molecule has 3 atom stereocenters. The van der Waals surface area contributed by atoms with Crippen LogP contribution in [-0.2, 0) is 16.4 Å². The van der Waals surface area contributed by atoms with Crippen molar-refractivity contribution in [1.82, 2.24) is 4.90 Å². The first-order valence-corrected chi connectivity index (χ1v) is 15.9. The van der Waals surface area contributed by atoms with Crippen LogP contribution >= 0.6 is 11.3 Å². The Morgan fingerprint density at radius 3 is 2.60 bits per heavy atom. The van der Waals surface area contributed by atoms with Crippen LogP contribution in [0.2, 0.25) is 0 Å². The van der Waals surface area contributed by atoms with E-state index in [1.165, 1.54) is 6.07 Å². The summed E-state index contributed by atoms with van der Waals surface area (Å²) in [6.45, 7) is -3.40. The number of thiophene rings is 1. The number of piperidine rings is 1. The molecule has 3 unspecified atom stereocenters. The van der Waals surface area contributed by atoms with Crippen molar-refractivity contribution in [3.8, 4) is 17.6 Å². The van der Waals surface area contributed by atoms with Gasteiger partial charge in [0.25, 0.3) is 0 Å². The summed E-state index contributed by atoms with van der Waals surface area (Å²) in [5.74, 6) is 4.86. The van der Waals surface area contributed by atoms with Gasteiger partial charge >= 0.3 is 12.8 Å². The van der Waals surface area contributed by atoms with Crippen molar-refractivity contribution >= 4 is 42.8 Å². The van der Waals surface area contributed by atoms with E-state index in [0.29, 0.717) is 28.7 Å². The first-order valence-electron chi connectivity index (χ1n) is 13.5. The second kappa shape index (κ2) is 14.4. The number of β-amino-alcohol motifs (C(OH)–C–C–N with tert-alkyl or cyclic N) is 1. The molecular weight excluding hydrogens is 650 g/mol. The predicted octanol–water partition coefficient (Wildman–Crippen LogP) is 3.90. The van der Waals surface area contributed by atoms with E-state index < -0.39 is 64.8 Å². The van der Waals surface area contributed by atoms with Crippen molar-refractivity contribution in [2.24, 2.45) is 5.14 Å². The maximum absolute atomic E-state index is 15.1. The quantitative estimate of drug-likeness (QED) is 0.152. The number of ether oxygens (including phenoxy) is 1. The Morgan fingerprint density at radius 2 is 1.96 bits per heavy atom. The van der Waals surface area contributed by atoms with Crippen LogP contribution < -0.4 is 20.5 Å². The van der Waals surface area contributed by atoms with Crippen LogP contribution in [-0.4, -0.2) is 87.4 Å². The van der Waals surface area contributed by atoms with Gasteiger partial charge in [0.15, 0.2) is 5.75 Å². The molecule has 2 heterocycles. The van der Waals surface area contributed by atoms with Crippen LogP contribution in [0.3, 0.4) is 0 Å². The Kier molecular flexibility index (Phi) is 11.1. The van der Waals surface area contributed by atoms with Gasteiger partial charge in [0.2, 0.25) is 10.0 Å². The fourth-order valence-electron chi connectivity index (χ4n) is 4.90. The van der Waals surface area contributed by atoms with Gasteiger partial charge in [-0.15, -0.1) is 11.3 Å². The molecule has 6 N–H and O–H groups in total. The van der Waals surface area contributed by atoms with Crippen molar-refractivity contribution in [3.63, 3.8) is 0 Å². The second-order valence-electron chi connectivity index (χ2n) is 10.3. The van der Waals surface area contributed by atoms with Crippen molar-refractivity contribution in [3.05, 3.63) is 46.8 Å². The minimum Gasteiger partial charge on any atom is -0.433 e. The molecule has 4 rings (SSSR count). The third-order valence-corrected chi connectivity index (χ3v) is 9.02. The molecule has 0 radical (unpaired) electrons. The minimum atomic E-state index is -4.56. The van der Waals surface area contributed by atoms with Gasteiger partial charge in [0.1, 0.15) is 6.17 Å². The Labute approximate surface area is 259 Å². The van der Waals surface area contributed by atoms with E-state index in [0.717, 1.165) is 29.5 Å². The smallest absolute Gasteiger partial charge is 0.393 e. The lowest BCUT2D eigenvalue weighted by Gasteiger charge is -2.36. The van der Waals surface area contributed by atoms with Crippen molar-refractivity contribution in [2.45, 2.75) is 48.8 Å². The Balaban J connectivity index is 1.57. The molecular formula is C28H30F6N4O5S2. The van der Waals surface area contributed by atoms with Crippen LogP contribution in [0.25, 0.3) is 10.1 Å². The van der Waals surface area contributed by atoms with Gasteiger partial charge in [-0.1, -0.05) is 24.0 Å². The normalized spacial score (nSPS) is 18.4.